The first-order valence-electron chi connectivity index (χ1n) is 5.50. The lowest BCUT2D eigenvalue weighted by Crippen LogP contribution is -2.13. The van der Waals surface area contributed by atoms with Crippen LogP contribution >= 0.6 is 11.3 Å². The predicted octanol–water partition coefficient (Wildman–Crippen LogP) is 2.31. The Bertz CT molecular complexity index is 467. The summed E-state index contributed by atoms with van der Waals surface area (Å²) in [7, 11) is 1.63. The topological polar surface area (TPSA) is 60.2 Å². The van der Waals surface area contributed by atoms with Gasteiger partial charge in [0.25, 0.3) is 5.89 Å². The quantitative estimate of drug-likeness (QED) is 0.800. The normalized spacial score (nSPS) is 10.7. The maximum atomic E-state index is 5.56. The number of nitrogens with zero attached hydrogens (tertiary/aromatic N) is 2. The molecule has 92 valence electrons. The molecule has 0 amide bonds. The zero-order valence-corrected chi connectivity index (χ0v) is 10.7. The van der Waals surface area contributed by atoms with Gasteiger partial charge in [-0.3, -0.25) is 0 Å². The summed E-state index contributed by atoms with van der Waals surface area (Å²) in [6.07, 6.45) is 1.08. The number of methoxy groups -OCH3 is 1. The van der Waals surface area contributed by atoms with E-state index in [1.165, 1.54) is 11.3 Å². The number of ether oxygens (including phenoxy) is 1. The van der Waals surface area contributed by atoms with Crippen molar-refractivity contribution >= 4 is 11.3 Å². The summed E-state index contributed by atoms with van der Waals surface area (Å²) < 4.78 is 10.8. The van der Waals surface area contributed by atoms with Crippen molar-refractivity contribution in [1.82, 2.24) is 15.5 Å². The molecule has 5 nitrogen and oxygen atoms in total. The maximum absolute atomic E-state index is 5.56. The maximum Gasteiger partial charge on any atom is 0.261 e. The zero-order valence-electron chi connectivity index (χ0n) is 9.90. The van der Waals surface area contributed by atoms with E-state index in [9.17, 15) is 0 Å². The first-order valence-corrected chi connectivity index (χ1v) is 6.38. The van der Waals surface area contributed by atoms with E-state index in [0.29, 0.717) is 18.3 Å². The third-order valence-electron chi connectivity index (χ3n) is 2.21. The summed E-state index contributed by atoms with van der Waals surface area (Å²) in [5.74, 6) is 1.89. The number of nitrogens with one attached hydrogen (secondary N) is 1. The number of thiophene rings is 1. The van der Waals surface area contributed by atoms with Gasteiger partial charge in [-0.1, -0.05) is 6.92 Å². The molecule has 0 spiro atoms. The van der Waals surface area contributed by atoms with Crippen LogP contribution in [-0.2, 0) is 6.54 Å². The Kier molecular flexibility index (Phi) is 4.11. The van der Waals surface area contributed by atoms with E-state index in [2.05, 4.69) is 22.4 Å². The zero-order chi connectivity index (χ0) is 12.1. The highest BCUT2D eigenvalue weighted by Crippen LogP contribution is 2.34. The van der Waals surface area contributed by atoms with Crippen LogP contribution in [-0.4, -0.2) is 23.9 Å². The van der Waals surface area contributed by atoms with Crippen molar-refractivity contribution in [1.29, 1.82) is 0 Å². The van der Waals surface area contributed by atoms with Gasteiger partial charge in [-0.2, -0.15) is 0 Å². The molecule has 0 radical (unpaired) electrons. The van der Waals surface area contributed by atoms with Crippen molar-refractivity contribution in [3.8, 4) is 16.5 Å². The highest BCUT2D eigenvalue weighted by molar-refractivity contribution is 7.13. The predicted molar refractivity (Wildman–Crippen MR) is 66.2 cm³/mol. The largest absolute Gasteiger partial charge is 0.495 e. The van der Waals surface area contributed by atoms with Gasteiger partial charge in [-0.15, -0.1) is 21.5 Å². The van der Waals surface area contributed by atoms with Gasteiger partial charge in [-0.05, 0) is 24.4 Å². The molecule has 0 unspecified atom stereocenters. The minimum absolute atomic E-state index is 0.519. The lowest BCUT2D eigenvalue weighted by molar-refractivity contribution is 0.415. The Morgan fingerprint density at radius 2 is 2.35 bits per heavy atom. The number of aromatic nitrogens is 2. The van der Waals surface area contributed by atoms with Crippen LogP contribution in [0.3, 0.4) is 0 Å². The van der Waals surface area contributed by atoms with E-state index in [1.54, 1.807) is 7.11 Å². The third kappa shape index (κ3) is 2.83. The van der Waals surface area contributed by atoms with E-state index in [0.717, 1.165) is 23.6 Å². The van der Waals surface area contributed by atoms with Crippen molar-refractivity contribution in [3.05, 3.63) is 17.3 Å². The van der Waals surface area contributed by atoms with Crippen molar-refractivity contribution in [2.24, 2.45) is 0 Å². The number of hydrogen-bond donors (Lipinski definition) is 1. The average Bonchev–Trinajstić information content (AvgIpc) is 2.96. The van der Waals surface area contributed by atoms with Crippen LogP contribution < -0.4 is 10.1 Å². The molecule has 2 heterocycles. The first-order chi connectivity index (χ1) is 8.35. The molecule has 0 aliphatic rings. The van der Waals surface area contributed by atoms with Crippen LogP contribution in [0.25, 0.3) is 10.8 Å². The lowest BCUT2D eigenvalue weighted by Gasteiger charge is -1.97. The molecule has 0 aliphatic carbocycles. The monoisotopic (exact) mass is 253 g/mol. The Morgan fingerprint density at radius 1 is 1.47 bits per heavy atom. The van der Waals surface area contributed by atoms with Crippen molar-refractivity contribution < 1.29 is 9.15 Å². The molecule has 2 rings (SSSR count). The molecular weight excluding hydrogens is 238 g/mol. The molecule has 0 fully saturated rings. The minimum atomic E-state index is 0.519. The highest BCUT2D eigenvalue weighted by Gasteiger charge is 2.14. The van der Waals surface area contributed by atoms with Crippen LogP contribution in [0.1, 0.15) is 19.2 Å². The Labute approximate surface area is 104 Å². The van der Waals surface area contributed by atoms with Crippen LogP contribution in [0, 0.1) is 0 Å². The molecule has 0 aromatic carbocycles. The molecule has 6 heteroatoms. The summed E-state index contributed by atoms with van der Waals surface area (Å²) in [6, 6.07) is 1.89. The van der Waals surface area contributed by atoms with Gasteiger partial charge in [0.2, 0.25) is 5.89 Å². The first kappa shape index (κ1) is 12.1. The van der Waals surface area contributed by atoms with E-state index >= 15 is 0 Å². The van der Waals surface area contributed by atoms with Crippen LogP contribution in [0.2, 0.25) is 0 Å². The summed E-state index contributed by atoms with van der Waals surface area (Å²) in [5, 5.41) is 13.2. The number of hydrogen-bond acceptors (Lipinski definition) is 6. The van der Waals surface area contributed by atoms with E-state index < -0.39 is 0 Å². The fourth-order valence-corrected chi connectivity index (χ4v) is 2.18. The van der Waals surface area contributed by atoms with Crippen LogP contribution in [0.5, 0.6) is 5.75 Å². The molecule has 0 saturated heterocycles. The summed E-state index contributed by atoms with van der Waals surface area (Å²) >= 11 is 1.53. The molecule has 2 aromatic rings. The van der Waals surface area contributed by atoms with Crippen molar-refractivity contribution in [3.63, 3.8) is 0 Å². The van der Waals surface area contributed by atoms with Crippen molar-refractivity contribution in [2.45, 2.75) is 19.9 Å². The minimum Gasteiger partial charge on any atom is -0.495 e. The van der Waals surface area contributed by atoms with Crippen LogP contribution in [0.15, 0.2) is 15.9 Å². The second-order valence-corrected chi connectivity index (χ2v) is 4.41. The summed E-state index contributed by atoms with van der Waals surface area (Å²) in [5.41, 5.74) is 0. The average molecular weight is 253 g/mol. The molecular formula is C11H15N3O2S. The molecule has 1 N–H and O–H groups in total. The molecule has 0 bridgehead atoms. The third-order valence-corrected chi connectivity index (χ3v) is 3.10. The lowest BCUT2D eigenvalue weighted by atomic mass is 10.4. The Hall–Kier alpha value is -1.40. The molecule has 0 aliphatic heterocycles. The highest BCUT2D eigenvalue weighted by atomic mass is 32.1. The van der Waals surface area contributed by atoms with Gasteiger partial charge in [0.15, 0.2) is 0 Å². The van der Waals surface area contributed by atoms with Gasteiger partial charge in [0, 0.05) is 0 Å². The van der Waals surface area contributed by atoms with Gasteiger partial charge in [0.05, 0.1) is 13.7 Å². The molecule has 0 atom stereocenters. The van der Waals surface area contributed by atoms with Gasteiger partial charge in [0.1, 0.15) is 10.6 Å². The standard InChI is InChI=1S/C11H15N3O2S/c1-3-5-12-7-9-13-14-11(16-9)10-8(15-2)4-6-17-10/h4,6,12H,3,5,7H2,1-2H3. The fourth-order valence-electron chi connectivity index (χ4n) is 1.40. The molecule has 0 saturated carbocycles. The van der Waals surface area contributed by atoms with E-state index in [4.69, 9.17) is 9.15 Å². The Balaban J connectivity index is 2.07. The van der Waals surface area contributed by atoms with Gasteiger partial charge >= 0.3 is 0 Å². The fraction of sp³-hybridized carbons (Fsp3) is 0.455. The molecule has 17 heavy (non-hydrogen) atoms. The van der Waals surface area contributed by atoms with Gasteiger partial charge < -0.3 is 14.5 Å². The van der Waals surface area contributed by atoms with Crippen LogP contribution in [0.4, 0.5) is 0 Å². The molecule has 2 aromatic heterocycles. The second kappa shape index (κ2) is 5.79. The van der Waals surface area contributed by atoms with E-state index in [-0.39, 0.29) is 0 Å². The SMILES string of the molecule is CCCNCc1nnc(-c2sccc2OC)o1. The van der Waals surface area contributed by atoms with E-state index in [1.807, 2.05) is 11.4 Å². The van der Waals surface area contributed by atoms with Crippen molar-refractivity contribution in [2.75, 3.05) is 13.7 Å². The van der Waals surface area contributed by atoms with Gasteiger partial charge in [-0.25, -0.2) is 0 Å². The Morgan fingerprint density at radius 3 is 3.12 bits per heavy atom. The second-order valence-electron chi connectivity index (χ2n) is 3.50. The summed E-state index contributed by atoms with van der Waals surface area (Å²) in [4.78, 5) is 0.877. The smallest absolute Gasteiger partial charge is 0.261 e. The summed E-state index contributed by atoms with van der Waals surface area (Å²) in [6.45, 7) is 3.66. The number of rotatable bonds is 6.